The van der Waals surface area contributed by atoms with Crippen LogP contribution in [-0.2, 0) is 4.74 Å². The summed E-state index contributed by atoms with van der Waals surface area (Å²) < 4.78 is 28.1. The predicted octanol–water partition coefficient (Wildman–Crippen LogP) is 2.25. The molecule has 0 saturated carbocycles. The van der Waals surface area contributed by atoms with Gasteiger partial charge < -0.3 is 29.9 Å². The van der Waals surface area contributed by atoms with Crippen molar-refractivity contribution in [1.29, 1.82) is 5.41 Å². The molecular weight excluding hydrogens is 431 g/mol. The van der Waals surface area contributed by atoms with Crippen LogP contribution in [0.2, 0.25) is 0 Å². The molecule has 0 aliphatic carbocycles. The molecule has 0 saturated heterocycles. The molecule has 0 aliphatic heterocycles. The number of halogens is 2. The van der Waals surface area contributed by atoms with Crippen LogP contribution in [0.5, 0.6) is 5.75 Å². The highest BCUT2D eigenvalue weighted by Gasteiger charge is 2.19. The number of nitrogens with one attached hydrogen (secondary N) is 4. The van der Waals surface area contributed by atoms with Crippen molar-refractivity contribution in [2.45, 2.75) is 0 Å². The first-order chi connectivity index (χ1) is 13.9. The van der Waals surface area contributed by atoms with E-state index in [2.05, 4.69) is 26.1 Å². The molecule has 0 fully saturated rings. The third-order valence-corrected chi connectivity index (χ3v) is 4.19. The van der Waals surface area contributed by atoms with Crippen LogP contribution >= 0.6 is 22.9 Å². The van der Waals surface area contributed by atoms with Crippen molar-refractivity contribution in [3.63, 3.8) is 0 Å². The third-order valence-electron chi connectivity index (χ3n) is 3.16. The molecule has 2 aromatic heterocycles. The first-order valence-corrected chi connectivity index (χ1v) is 9.01. The topological polar surface area (TPSA) is 151 Å². The van der Waals surface area contributed by atoms with E-state index in [1.165, 1.54) is 20.3 Å². The second kappa shape index (κ2) is 10.5. The molecule has 0 radical (unpaired) electrons. The maximum atomic E-state index is 13.2. The smallest absolute Gasteiger partial charge is 0.381 e. The quantitative estimate of drug-likeness (QED) is 0.244. The van der Waals surface area contributed by atoms with Gasteiger partial charge in [0.15, 0.2) is 11.6 Å². The molecule has 2 aromatic rings. The molecule has 29 heavy (non-hydrogen) atoms. The van der Waals surface area contributed by atoms with Crippen LogP contribution < -0.4 is 26.3 Å². The molecular formula is C15H16ClFN6O5S. The summed E-state index contributed by atoms with van der Waals surface area (Å²) in [5.41, 5.74) is -0.594. The number of allylic oxidation sites excluding steroid dienone is 1. The van der Waals surface area contributed by atoms with Crippen LogP contribution in [0.25, 0.3) is 0 Å². The number of hydrogen-bond donors (Lipinski definition) is 4. The van der Waals surface area contributed by atoms with Crippen LogP contribution in [0.15, 0.2) is 26.3 Å². The summed E-state index contributed by atoms with van der Waals surface area (Å²) in [4.78, 5) is 24.4. The summed E-state index contributed by atoms with van der Waals surface area (Å²) in [5.74, 6) is -2.15. The van der Waals surface area contributed by atoms with Crippen molar-refractivity contribution < 1.29 is 23.1 Å². The van der Waals surface area contributed by atoms with E-state index in [-0.39, 0.29) is 27.5 Å². The number of rotatable bonds is 10. The molecule has 1 amide bonds. The van der Waals surface area contributed by atoms with E-state index in [0.29, 0.717) is 19.4 Å². The lowest BCUT2D eigenvalue weighted by atomic mass is 10.3. The lowest BCUT2D eigenvalue weighted by Crippen LogP contribution is -2.18. The number of hydrogen-bond acceptors (Lipinski definition) is 11. The molecule has 0 aliphatic rings. The minimum atomic E-state index is -0.999. The van der Waals surface area contributed by atoms with Crippen molar-refractivity contribution >= 4 is 51.0 Å². The number of amides is 1. The highest BCUT2D eigenvalue weighted by Crippen LogP contribution is 2.25. The van der Waals surface area contributed by atoms with Gasteiger partial charge in [0.25, 0.3) is 5.91 Å². The van der Waals surface area contributed by atoms with E-state index in [4.69, 9.17) is 30.9 Å². The molecule has 14 heteroatoms. The Morgan fingerprint density at radius 3 is 2.69 bits per heavy atom. The summed E-state index contributed by atoms with van der Waals surface area (Å²) >= 11 is 6.45. The lowest BCUT2D eigenvalue weighted by molar-refractivity contribution is 0.0991. The van der Waals surface area contributed by atoms with E-state index >= 15 is 0 Å². The van der Waals surface area contributed by atoms with Crippen LogP contribution in [-0.4, -0.2) is 49.7 Å². The molecule has 0 atom stereocenters. The Labute approximate surface area is 172 Å². The fourth-order valence-corrected chi connectivity index (χ4v) is 2.75. The Hall–Kier alpha value is -3.03. The number of anilines is 3. The first kappa shape index (κ1) is 22.3. The molecule has 0 aromatic carbocycles. The number of carbonyl (C=O) groups is 1. The minimum Gasteiger partial charge on any atom is -0.488 e. The summed E-state index contributed by atoms with van der Waals surface area (Å²) in [6.07, 6.45) is 0.420. The SMILES string of the molecule is COCCNc1cc(C(=O)Nc2nnc(N/C(Cl)=C(/F)C=N)s2)oc(=O)c1OC. The van der Waals surface area contributed by atoms with Crippen LogP contribution in [0.1, 0.15) is 10.6 Å². The van der Waals surface area contributed by atoms with Gasteiger partial charge in [0.2, 0.25) is 16.0 Å². The maximum absolute atomic E-state index is 13.2. The molecule has 0 bridgehead atoms. The lowest BCUT2D eigenvalue weighted by Gasteiger charge is -2.10. The summed E-state index contributed by atoms with van der Waals surface area (Å²) in [6, 6.07) is 1.30. The maximum Gasteiger partial charge on any atom is 0.381 e. The highest BCUT2D eigenvalue weighted by molar-refractivity contribution is 7.19. The number of carbonyl (C=O) groups excluding carboxylic acids is 1. The van der Waals surface area contributed by atoms with Gasteiger partial charge in [-0.2, -0.15) is 0 Å². The molecule has 0 unspecified atom stereocenters. The standard InChI is InChI=1S/C15H16ClFN6O5S/c1-26-4-3-19-8-5-9(28-13(25)10(8)27-2)12(24)21-15-23-22-14(29-15)20-11(16)7(17)6-18/h5-6,18-19H,3-4H2,1-2H3,(H,20,22)(H,21,23,24)/b11-7+,18-6?. The van der Waals surface area contributed by atoms with Gasteiger partial charge in [-0.3, -0.25) is 10.1 Å². The molecule has 4 N–H and O–H groups in total. The van der Waals surface area contributed by atoms with Crippen molar-refractivity contribution in [2.24, 2.45) is 0 Å². The van der Waals surface area contributed by atoms with Crippen LogP contribution in [0.3, 0.4) is 0 Å². The third kappa shape index (κ3) is 5.97. The monoisotopic (exact) mass is 446 g/mol. The normalized spacial score (nSPS) is 11.4. The fourth-order valence-electron chi connectivity index (χ4n) is 1.91. The zero-order valence-electron chi connectivity index (χ0n) is 15.2. The Balaban J connectivity index is 2.16. The average molecular weight is 447 g/mol. The first-order valence-electron chi connectivity index (χ1n) is 7.82. The van der Waals surface area contributed by atoms with E-state index < -0.39 is 22.5 Å². The van der Waals surface area contributed by atoms with Crippen molar-refractivity contribution in [3.8, 4) is 5.75 Å². The van der Waals surface area contributed by atoms with Gasteiger partial charge in [0, 0.05) is 19.7 Å². The number of methoxy groups -OCH3 is 2. The second-order valence-electron chi connectivity index (χ2n) is 5.06. The van der Waals surface area contributed by atoms with Crippen LogP contribution in [0.4, 0.5) is 20.3 Å². The van der Waals surface area contributed by atoms with Crippen LogP contribution in [0, 0.1) is 5.41 Å². The second-order valence-corrected chi connectivity index (χ2v) is 6.42. The number of ether oxygens (including phenoxy) is 2. The average Bonchev–Trinajstić information content (AvgIpc) is 3.13. The Kier molecular flexibility index (Phi) is 8.06. The van der Waals surface area contributed by atoms with Gasteiger partial charge in [-0.25, -0.2) is 9.18 Å². The predicted molar refractivity (Wildman–Crippen MR) is 106 cm³/mol. The van der Waals surface area contributed by atoms with Gasteiger partial charge in [-0.1, -0.05) is 22.9 Å². The largest absolute Gasteiger partial charge is 0.488 e. The summed E-state index contributed by atoms with van der Waals surface area (Å²) in [7, 11) is 2.81. The van der Waals surface area contributed by atoms with Gasteiger partial charge >= 0.3 is 5.63 Å². The Morgan fingerprint density at radius 2 is 2.07 bits per heavy atom. The molecule has 0 spiro atoms. The molecule has 156 valence electrons. The minimum absolute atomic E-state index is 0.0320. The molecule has 2 heterocycles. The van der Waals surface area contributed by atoms with Gasteiger partial charge in [0.05, 0.1) is 25.6 Å². The van der Waals surface area contributed by atoms with Gasteiger partial charge in [0.1, 0.15) is 5.16 Å². The van der Waals surface area contributed by atoms with Gasteiger partial charge in [-0.05, 0) is 0 Å². The summed E-state index contributed by atoms with van der Waals surface area (Å²) in [5, 5.41) is 21.5. The zero-order valence-corrected chi connectivity index (χ0v) is 16.7. The van der Waals surface area contributed by atoms with E-state index in [1.807, 2.05) is 0 Å². The van der Waals surface area contributed by atoms with Gasteiger partial charge in [-0.15, -0.1) is 10.2 Å². The van der Waals surface area contributed by atoms with E-state index in [0.717, 1.165) is 11.3 Å². The van der Waals surface area contributed by atoms with E-state index in [1.54, 1.807) is 0 Å². The number of nitrogens with zero attached hydrogens (tertiary/aromatic N) is 2. The number of aromatic nitrogens is 2. The van der Waals surface area contributed by atoms with Crippen molar-refractivity contribution in [2.75, 3.05) is 43.3 Å². The highest BCUT2D eigenvalue weighted by atomic mass is 35.5. The van der Waals surface area contributed by atoms with E-state index in [9.17, 15) is 14.0 Å². The van der Waals surface area contributed by atoms with Crippen molar-refractivity contribution in [3.05, 3.63) is 33.2 Å². The Morgan fingerprint density at radius 1 is 1.38 bits per heavy atom. The fraction of sp³-hybridized carbons (Fsp3) is 0.267. The molecule has 2 rings (SSSR count). The molecule has 11 nitrogen and oxygen atoms in total. The van der Waals surface area contributed by atoms with Crippen molar-refractivity contribution in [1.82, 2.24) is 10.2 Å². The Bertz CT molecular complexity index is 978. The zero-order chi connectivity index (χ0) is 21.4. The summed E-state index contributed by atoms with van der Waals surface area (Å²) in [6.45, 7) is 0.727.